The minimum atomic E-state index is -4.42. The van der Waals surface area contributed by atoms with Crippen LogP contribution < -0.4 is 0 Å². The number of aromatic nitrogens is 2. The van der Waals surface area contributed by atoms with Crippen molar-refractivity contribution in [1.29, 1.82) is 0 Å². The summed E-state index contributed by atoms with van der Waals surface area (Å²) in [5, 5.41) is 3.92. The molecule has 3 aromatic rings. The third kappa shape index (κ3) is 3.92. The molecule has 30 heavy (non-hydrogen) atoms. The van der Waals surface area contributed by atoms with Crippen molar-refractivity contribution < 1.29 is 26.9 Å². The lowest BCUT2D eigenvalue weighted by molar-refractivity contribution is -0.137. The zero-order valence-electron chi connectivity index (χ0n) is 15.9. The van der Waals surface area contributed by atoms with Crippen molar-refractivity contribution in [2.24, 2.45) is 0 Å². The average Bonchev–Trinajstić information content (AvgIpc) is 3.34. The molecule has 1 aliphatic rings. The van der Waals surface area contributed by atoms with Gasteiger partial charge < -0.3 is 9.42 Å². The molecule has 2 aromatic carbocycles. The molecule has 0 bridgehead atoms. The predicted molar refractivity (Wildman–Crippen MR) is 98.6 cm³/mol. The fourth-order valence-electron chi connectivity index (χ4n) is 3.52. The summed E-state index contributed by atoms with van der Waals surface area (Å²) in [4.78, 5) is 18.5. The summed E-state index contributed by atoms with van der Waals surface area (Å²) in [7, 11) is 0. The van der Waals surface area contributed by atoms with E-state index in [0.717, 1.165) is 17.7 Å². The van der Waals surface area contributed by atoms with Crippen molar-refractivity contribution in [3.63, 3.8) is 0 Å². The van der Waals surface area contributed by atoms with Crippen molar-refractivity contribution in [2.75, 3.05) is 6.54 Å². The molecule has 1 aliphatic heterocycles. The molecule has 1 saturated heterocycles. The molecule has 0 spiro atoms. The normalized spacial score (nSPS) is 18.1. The monoisotopic (exact) mass is 419 g/mol. The molecule has 1 fully saturated rings. The van der Waals surface area contributed by atoms with E-state index in [9.17, 15) is 22.4 Å². The van der Waals surface area contributed by atoms with E-state index in [4.69, 9.17) is 4.52 Å². The van der Waals surface area contributed by atoms with Crippen LogP contribution in [-0.4, -0.2) is 27.5 Å². The van der Waals surface area contributed by atoms with Gasteiger partial charge in [-0.05, 0) is 48.9 Å². The van der Waals surface area contributed by atoms with E-state index in [-0.39, 0.29) is 36.0 Å². The summed E-state index contributed by atoms with van der Waals surface area (Å²) >= 11 is 0. The van der Waals surface area contributed by atoms with Gasteiger partial charge in [0.1, 0.15) is 5.82 Å². The molecule has 156 valence electrons. The third-order valence-electron chi connectivity index (χ3n) is 5.24. The van der Waals surface area contributed by atoms with Gasteiger partial charge in [-0.3, -0.25) is 4.79 Å². The summed E-state index contributed by atoms with van der Waals surface area (Å²) in [5.41, 5.74) is 0.407. The van der Waals surface area contributed by atoms with E-state index >= 15 is 0 Å². The van der Waals surface area contributed by atoms with Crippen molar-refractivity contribution in [1.82, 2.24) is 15.0 Å². The first-order valence-corrected chi connectivity index (χ1v) is 9.28. The van der Waals surface area contributed by atoms with Crippen LogP contribution in [0.5, 0.6) is 0 Å². The van der Waals surface area contributed by atoms with Gasteiger partial charge in [0.15, 0.2) is 5.82 Å². The molecule has 5 nitrogen and oxygen atoms in total. The minimum absolute atomic E-state index is 0.0855. The molecule has 2 atom stereocenters. The molecule has 2 unspecified atom stereocenters. The summed E-state index contributed by atoms with van der Waals surface area (Å²) in [6.07, 6.45) is -4.23. The number of hydrogen-bond donors (Lipinski definition) is 0. The van der Waals surface area contributed by atoms with E-state index in [2.05, 4.69) is 10.1 Å². The Morgan fingerprint density at radius 2 is 1.77 bits per heavy atom. The molecule has 0 N–H and O–H groups in total. The second-order valence-electron chi connectivity index (χ2n) is 7.21. The lowest BCUT2D eigenvalue weighted by Crippen LogP contribution is -2.28. The van der Waals surface area contributed by atoms with Crippen LogP contribution in [0, 0.1) is 5.82 Å². The second kappa shape index (κ2) is 7.55. The van der Waals surface area contributed by atoms with Gasteiger partial charge in [0.05, 0.1) is 11.6 Å². The average molecular weight is 419 g/mol. The van der Waals surface area contributed by atoms with Gasteiger partial charge in [-0.25, -0.2) is 4.39 Å². The first-order chi connectivity index (χ1) is 14.2. The van der Waals surface area contributed by atoms with Gasteiger partial charge >= 0.3 is 6.18 Å². The molecular formula is C21H17F4N3O2. The maximum absolute atomic E-state index is 13.1. The number of nitrogens with zero attached hydrogens (tertiary/aromatic N) is 3. The molecule has 0 radical (unpaired) electrons. The Balaban J connectivity index is 1.49. The topological polar surface area (TPSA) is 59.2 Å². The minimum Gasteiger partial charge on any atom is -0.335 e. The van der Waals surface area contributed by atoms with Crippen LogP contribution in [0.1, 0.15) is 42.3 Å². The van der Waals surface area contributed by atoms with Crippen molar-refractivity contribution in [3.05, 3.63) is 71.3 Å². The molecule has 4 rings (SSSR count). The summed E-state index contributed by atoms with van der Waals surface area (Å²) in [6.45, 7) is 2.22. The molecule has 0 aliphatic carbocycles. The highest BCUT2D eigenvalue weighted by Crippen LogP contribution is 2.34. The lowest BCUT2D eigenvalue weighted by Gasteiger charge is -2.25. The van der Waals surface area contributed by atoms with Crippen LogP contribution in [0.3, 0.4) is 0 Å². The fraction of sp³-hybridized carbons (Fsp3) is 0.286. The first-order valence-electron chi connectivity index (χ1n) is 9.28. The van der Waals surface area contributed by atoms with Crippen LogP contribution in [0.2, 0.25) is 0 Å². The highest BCUT2D eigenvalue weighted by atomic mass is 19.4. The molecule has 1 amide bonds. The standard InChI is InChI=1S/C21H17F4N3O2/c1-12(13-4-8-17(22)9-5-13)28-11-15(10-18(28)29)19-26-20(30-27-19)14-2-6-16(7-3-14)21(23,24)25/h2-9,12,15H,10-11H2,1H3. The van der Waals surface area contributed by atoms with E-state index in [1.165, 1.54) is 24.3 Å². The van der Waals surface area contributed by atoms with Crippen LogP contribution >= 0.6 is 0 Å². The maximum Gasteiger partial charge on any atom is 0.416 e. The Bertz CT molecular complexity index is 1050. The van der Waals surface area contributed by atoms with E-state index < -0.39 is 11.7 Å². The van der Waals surface area contributed by atoms with Gasteiger partial charge in [-0.2, -0.15) is 18.2 Å². The predicted octanol–water partition coefficient (Wildman–Crippen LogP) is 4.97. The molecule has 2 heterocycles. The highest BCUT2D eigenvalue weighted by Gasteiger charge is 2.36. The van der Waals surface area contributed by atoms with Crippen LogP contribution in [0.15, 0.2) is 53.1 Å². The number of amides is 1. The van der Waals surface area contributed by atoms with E-state index in [0.29, 0.717) is 17.9 Å². The summed E-state index contributed by atoms with van der Waals surface area (Å²) in [5.74, 6) is -0.313. The molecule has 0 saturated carbocycles. The summed E-state index contributed by atoms with van der Waals surface area (Å²) < 4.78 is 56.5. The number of benzene rings is 2. The molecule has 9 heteroatoms. The van der Waals surface area contributed by atoms with E-state index in [1.54, 1.807) is 17.0 Å². The maximum atomic E-state index is 13.1. The molecule has 1 aromatic heterocycles. The van der Waals surface area contributed by atoms with Gasteiger partial charge in [0, 0.05) is 24.4 Å². The Morgan fingerprint density at radius 3 is 2.40 bits per heavy atom. The van der Waals surface area contributed by atoms with Gasteiger partial charge in [-0.1, -0.05) is 17.3 Å². The summed E-state index contributed by atoms with van der Waals surface area (Å²) in [6, 6.07) is 10.2. The second-order valence-corrected chi connectivity index (χ2v) is 7.21. The molecular weight excluding hydrogens is 402 g/mol. The lowest BCUT2D eigenvalue weighted by atomic mass is 10.1. The van der Waals surface area contributed by atoms with Crippen LogP contribution in [-0.2, 0) is 11.0 Å². The Labute approximate surface area is 169 Å². The van der Waals surface area contributed by atoms with Crippen LogP contribution in [0.4, 0.5) is 17.6 Å². The van der Waals surface area contributed by atoms with Gasteiger partial charge in [0.25, 0.3) is 5.89 Å². The number of carbonyl (C=O) groups excluding carboxylic acids is 1. The largest absolute Gasteiger partial charge is 0.416 e. The number of alkyl halides is 3. The third-order valence-corrected chi connectivity index (χ3v) is 5.24. The zero-order chi connectivity index (χ0) is 21.5. The van der Waals surface area contributed by atoms with E-state index in [1.807, 2.05) is 6.92 Å². The van der Waals surface area contributed by atoms with Gasteiger partial charge in [-0.15, -0.1) is 0 Å². The highest BCUT2D eigenvalue weighted by molar-refractivity contribution is 5.80. The number of likely N-dealkylation sites (tertiary alicyclic amines) is 1. The van der Waals surface area contributed by atoms with Crippen LogP contribution in [0.25, 0.3) is 11.5 Å². The number of rotatable bonds is 4. The van der Waals surface area contributed by atoms with Crippen molar-refractivity contribution in [3.8, 4) is 11.5 Å². The first kappa shape index (κ1) is 20.1. The Kier molecular flexibility index (Phi) is 5.05. The Hall–Kier alpha value is -3.23. The van der Waals surface area contributed by atoms with Gasteiger partial charge in [0.2, 0.25) is 5.91 Å². The zero-order valence-corrected chi connectivity index (χ0v) is 15.9. The number of halogens is 4. The fourth-order valence-corrected chi connectivity index (χ4v) is 3.52. The Morgan fingerprint density at radius 1 is 1.10 bits per heavy atom. The smallest absolute Gasteiger partial charge is 0.335 e. The quantitative estimate of drug-likeness (QED) is 0.560. The number of carbonyl (C=O) groups is 1. The van der Waals surface area contributed by atoms with Crippen molar-refractivity contribution >= 4 is 5.91 Å². The number of hydrogen-bond acceptors (Lipinski definition) is 4. The van der Waals surface area contributed by atoms with Crippen molar-refractivity contribution in [2.45, 2.75) is 31.5 Å². The SMILES string of the molecule is CC(c1ccc(F)cc1)N1CC(c2noc(-c3ccc(C(F)(F)F)cc3)n2)CC1=O.